The molecular formula is C15H19NO2. The van der Waals surface area contributed by atoms with Gasteiger partial charge in [-0.1, -0.05) is 18.2 Å². The van der Waals surface area contributed by atoms with Crippen LogP contribution in [0.15, 0.2) is 18.2 Å². The van der Waals surface area contributed by atoms with Gasteiger partial charge < -0.3 is 9.64 Å². The second-order valence-electron chi connectivity index (χ2n) is 5.35. The van der Waals surface area contributed by atoms with Gasteiger partial charge in [-0.15, -0.1) is 0 Å². The highest BCUT2D eigenvalue weighted by Gasteiger charge is 2.27. The highest BCUT2D eigenvalue weighted by atomic mass is 16.6. The number of carbonyl (C=O) groups excluding carboxylic acids is 1. The lowest BCUT2D eigenvalue weighted by molar-refractivity contribution is 0.138. The summed E-state index contributed by atoms with van der Waals surface area (Å²) in [5.74, 6) is 0. The number of rotatable bonds is 3. The van der Waals surface area contributed by atoms with Gasteiger partial charge in [0, 0.05) is 6.54 Å². The first kappa shape index (κ1) is 11.6. The number of hydrogen-bond acceptors (Lipinski definition) is 2. The summed E-state index contributed by atoms with van der Waals surface area (Å²) in [7, 11) is 0. The molecule has 1 aromatic rings. The van der Waals surface area contributed by atoms with Crippen LogP contribution in [0.3, 0.4) is 0 Å². The summed E-state index contributed by atoms with van der Waals surface area (Å²) < 4.78 is 5.12. The normalized spacial score (nSPS) is 22.2. The van der Waals surface area contributed by atoms with Crippen molar-refractivity contribution in [2.24, 2.45) is 0 Å². The van der Waals surface area contributed by atoms with Crippen LogP contribution >= 0.6 is 0 Å². The monoisotopic (exact) mass is 245 g/mol. The van der Waals surface area contributed by atoms with Crippen LogP contribution in [-0.2, 0) is 24.0 Å². The zero-order valence-electron chi connectivity index (χ0n) is 10.8. The van der Waals surface area contributed by atoms with E-state index in [1.54, 1.807) is 4.90 Å². The molecule has 1 aromatic carbocycles. The molecular weight excluding hydrogens is 226 g/mol. The standard InChI is InChI=1S/C15H19NO2/c1-11-10-16(15(17)18-11)8-7-12-5-6-13-3-2-4-14(13)9-12/h5-6,9,11H,2-4,7-8,10H2,1H3. The fourth-order valence-electron chi connectivity index (χ4n) is 2.90. The second-order valence-corrected chi connectivity index (χ2v) is 5.35. The topological polar surface area (TPSA) is 29.5 Å². The average Bonchev–Trinajstić information content (AvgIpc) is 2.92. The van der Waals surface area contributed by atoms with E-state index in [-0.39, 0.29) is 12.2 Å². The lowest BCUT2D eigenvalue weighted by atomic mass is 10.0. The zero-order chi connectivity index (χ0) is 12.5. The second kappa shape index (κ2) is 4.63. The first-order valence-electron chi connectivity index (χ1n) is 6.78. The SMILES string of the molecule is CC1CN(CCc2ccc3c(c2)CCC3)C(=O)O1. The Labute approximate surface area is 108 Å². The first-order valence-corrected chi connectivity index (χ1v) is 6.78. The third kappa shape index (κ3) is 2.22. The van der Waals surface area contributed by atoms with Crippen molar-refractivity contribution in [3.63, 3.8) is 0 Å². The van der Waals surface area contributed by atoms with Crippen molar-refractivity contribution in [3.05, 3.63) is 34.9 Å². The molecule has 3 heteroatoms. The van der Waals surface area contributed by atoms with Gasteiger partial charge in [0.15, 0.2) is 0 Å². The lowest BCUT2D eigenvalue weighted by Gasteiger charge is -2.13. The van der Waals surface area contributed by atoms with Crippen molar-refractivity contribution in [3.8, 4) is 0 Å². The van der Waals surface area contributed by atoms with Crippen LogP contribution in [0.5, 0.6) is 0 Å². The molecule has 3 rings (SSSR count). The van der Waals surface area contributed by atoms with E-state index in [0.717, 1.165) is 19.5 Å². The molecule has 1 aliphatic carbocycles. The zero-order valence-corrected chi connectivity index (χ0v) is 10.8. The third-order valence-electron chi connectivity index (χ3n) is 3.87. The molecule has 1 saturated heterocycles. The Morgan fingerprint density at radius 1 is 1.33 bits per heavy atom. The highest BCUT2D eigenvalue weighted by Crippen LogP contribution is 2.23. The predicted octanol–water partition coefficient (Wildman–Crippen LogP) is 2.56. The Hall–Kier alpha value is -1.51. The third-order valence-corrected chi connectivity index (χ3v) is 3.87. The van der Waals surface area contributed by atoms with E-state index in [9.17, 15) is 4.79 Å². The number of hydrogen-bond donors (Lipinski definition) is 0. The largest absolute Gasteiger partial charge is 0.445 e. The van der Waals surface area contributed by atoms with Crippen molar-refractivity contribution in [2.45, 2.75) is 38.7 Å². The minimum Gasteiger partial charge on any atom is -0.445 e. The molecule has 1 aliphatic heterocycles. The fourth-order valence-corrected chi connectivity index (χ4v) is 2.90. The van der Waals surface area contributed by atoms with Crippen molar-refractivity contribution >= 4 is 6.09 Å². The van der Waals surface area contributed by atoms with E-state index in [4.69, 9.17) is 4.74 Å². The van der Waals surface area contributed by atoms with Crippen LogP contribution in [0.25, 0.3) is 0 Å². The summed E-state index contributed by atoms with van der Waals surface area (Å²) in [6, 6.07) is 6.77. The van der Waals surface area contributed by atoms with Crippen LogP contribution in [0, 0.1) is 0 Å². The van der Waals surface area contributed by atoms with Gasteiger partial charge in [-0.05, 0) is 49.3 Å². The maximum absolute atomic E-state index is 11.5. The molecule has 1 fully saturated rings. The molecule has 0 spiro atoms. The minimum atomic E-state index is -0.163. The van der Waals surface area contributed by atoms with E-state index in [2.05, 4.69) is 18.2 Å². The Balaban J connectivity index is 1.62. The smallest absolute Gasteiger partial charge is 0.410 e. The van der Waals surface area contributed by atoms with Gasteiger partial charge in [0.25, 0.3) is 0 Å². The Bertz CT molecular complexity index is 470. The van der Waals surface area contributed by atoms with E-state index >= 15 is 0 Å². The molecule has 2 aliphatic rings. The number of benzene rings is 1. The van der Waals surface area contributed by atoms with Crippen LogP contribution in [0.1, 0.15) is 30.0 Å². The minimum absolute atomic E-state index is 0.0394. The molecule has 0 saturated carbocycles. The summed E-state index contributed by atoms with van der Waals surface area (Å²) in [6.45, 7) is 3.43. The molecule has 96 valence electrons. The maximum Gasteiger partial charge on any atom is 0.410 e. The number of aryl methyl sites for hydroxylation is 2. The van der Waals surface area contributed by atoms with Crippen LogP contribution in [-0.4, -0.2) is 30.2 Å². The van der Waals surface area contributed by atoms with Gasteiger partial charge in [-0.25, -0.2) is 4.79 Å². The van der Waals surface area contributed by atoms with Crippen molar-refractivity contribution in [2.75, 3.05) is 13.1 Å². The van der Waals surface area contributed by atoms with E-state index in [0.29, 0.717) is 0 Å². The Kier molecular flexibility index (Phi) is 2.98. The van der Waals surface area contributed by atoms with Crippen molar-refractivity contribution < 1.29 is 9.53 Å². The quantitative estimate of drug-likeness (QED) is 0.819. The number of cyclic esters (lactones) is 1. The molecule has 1 atom stereocenters. The summed E-state index contributed by atoms with van der Waals surface area (Å²) in [5, 5.41) is 0. The average molecular weight is 245 g/mol. The van der Waals surface area contributed by atoms with E-state index in [1.165, 1.54) is 36.0 Å². The van der Waals surface area contributed by atoms with Crippen molar-refractivity contribution in [1.29, 1.82) is 0 Å². The number of amides is 1. The van der Waals surface area contributed by atoms with Gasteiger partial charge >= 0.3 is 6.09 Å². The summed E-state index contributed by atoms with van der Waals surface area (Å²) in [4.78, 5) is 13.3. The molecule has 1 amide bonds. The molecule has 1 unspecified atom stereocenters. The summed E-state index contributed by atoms with van der Waals surface area (Å²) in [6.07, 6.45) is 4.53. The maximum atomic E-state index is 11.5. The molecule has 0 radical (unpaired) electrons. The molecule has 0 bridgehead atoms. The number of carbonyl (C=O) groups is 1. The predicted molar refractivity (Wildman–Crippen MR) is 69.7 cm³/mol. The molecule has 1 heterocycles. The van der Waals surface area contributed by atoms with Crippen molar-refractivity contribution in [1.82, 2.24) is 4.90 Å². The van der Waals surface area contributed by atoms with Gasteiger partial charge in [0.1, 0.15) is 6.10 Å². The molecule has 0 aromatic heterocycles. The van der Waals surface area contributed by atoms with Crippen LogP contribution < -0.4 is 0 Å². The fraction of sp³-hybridized carbons (Fsp3) is 0.533. The van der Waals surface area contributed by atoms with Gasteiger partial charge in [-0.2, -0.15) is 0 Å². The van der Waals surface area contributed by atoms with Gasteiger partial charge in [-0.3, -0.25) is 0 Å². The molecule has 18 heavy (non-hydrogen) atoms. The Morgan fingerprint density at radius 2 is 2.17 bits per heavy atom. The summed E-state index contributed by atoms with van der Waals surface area (Å²) >= 11 is 0. The van der Waals surface area contributed by atoms with E-state index in [1.807, 2.05) is 6.92 Å². The molecule has 3 nitrogen and oxygen atoms in total. The van der Waals surface area contributed by atoms with Crippen LogP contribution in [0.2, 0.25) is 0 Å². The Morgan fingerprint density at radius 3 is 2.94 bits per heavy atom. The number of fused-ring (bicyclic) bond motifs is 1. The summed E-state index contributed by atoms with van der Waals surface area (Å²) in [5.41, 5.74) is 4.35. The first-order chi connectivity index (χ1) is 8.72. The number of nitrogens with zero attached hydrogens (tertiary/aromatic N) is 1. The number of ether oxygens (including phenoxy) is 1. The lowest BCUT2D eigenvalue weighted by Crippen LogP contribution is -2.27. The van der Waals surface area contributed by atoms with Gasteiger partial charge in [0.05, 0.1) is 6.54 Å². The van der Waals surface area contributed by atoms with Crippen LogP contribution in [0.4, 0.5) is 4.79 Å². The van der Waals surface area contributed by atoms with Gasteiger partial charge in [0.2, 0.25) is 0 Å². The van der Waals surface area contributed by atoms with E-state index < -0.39 is 0 Å². The highest BCUT2D eigenvalue weighted by molar-refractivity contribution is 5.69. The molecule has 0 N–H and O–H groups in total.